The Morgan fingerprint density at radius 1 is 1.08 bits per heavy atom. The Hall–Kier alpha value is -3.48. The number of rotatable bonds is 4. The van der Waals surface area contributed by atoms with Crippen molar-refractivity contribution >= 4 is 28.3 Å². The van der Waals surface area contributed by atoms with Crippen LogP contribution in [0.1, 0.15) is 16.1 Å². The Morgan fingerprint density at radius 3 is 2.54 bits per heavy atom. The predicted octanol–water partition coefficient (Wildman–Crippen LogP) is 1.70. The second-order valence-corrected chi connectivity index (χ2v) is 5.80. The molecule has 7 heteroatoms. The van der Waals surface area contributed by atoms with Gasteiger partial charge in [-0.3, -0.25) is 14.4 Å². The zero-order valence-electron chi connectivity index (χ0n) is 14.4. The van der Waals surface area contributed by atoms with Crippen LogP contribution < -0.4 is 16.2 Å². The Balaban J connectivity index is 1.83. The number of fused-ring (bicyclic) bond motifs is 1. The van der Waals surface area contributed by atoms with Gasteiger partial charge in [-0.15, -0.1) is 0 Å². The Bertz CT molecular complexity index is 1060. The van der Waals surface area contributed by atoms with Crippen LogP contribution in [-0.4, -0.2) is 28.6 Å². The van der Waals surface area contributed by atoms with Crippen molar-refractivity contribution in [2.24, 2.45) is 0 Å². The standard InChI is InChI=1S/C19H18N4O3/c1-12-15-8-3-4-9-16(15)19(26)23(22-12)11-17(24)21-14-7-5-6-13(10-14)18(25)20-2/h3-10H,11H2,1-2H3,(H,20,25)(H,21,24). The highest BCUT2D eigenvalue weighted by Gasteiger charge is 2.12. The quantitative estimate of drug-likeness (QED) is 0.749. The third-order valence-corrected chi connectivity index (χ3v) is 3.98. The number of hydrogen-bond acceptors (Lipinski definition) is 4. The molecule has 1 aromatic heterocycles. The van der Waals surface area contributed by atoms with Crippen molar-refractivity contribution in [1.82, 2.24) is 15.1 Å². The van der Waals surface area contributed by atoms with Gasteiger partial charge < -0.3 is 10.6 Å². The van der Waals surface area contributed by atoms with Crippen LogP contribution in [0.5, 0.6) is 0 Å². The van der Waals surface area contributed by atoms with E-state index >= 15 is 0 Å². The smallest absolute Gasteiger partial charge is 0.275 e. The fraction of sp³-hybridized carbons (Fsp3) is 0.158. The number of aryl methyl sites for hydroxylation is 1. The summed E-state index contributed by atoms with van der Waals surface area (Å²) in [5.41, 5.74) is 1.26. The first-order chi connectivity index (χ1) is 12.5. The zero-order chi connectivity index (χ0) is 18.7. The molecular formula is C19H18N4O3. The first-order valence-electron chi connectivity index (χ1n) is 8.08. The number of nitrogens with zero attached hydrogens (tertiary/aromatic N) is 2. The van der Waals surface area contributed by atoms with Crippen molar-refractivity contribution in [3.8, 4) is 0 Å². The monoisotopic (exact) mass is 350 g/mol. The highest BCUT2D eigenvalue weighted by atomic mass is 16.2. The Labute approximate surface area is 149 Å². The second kappa shape index (κ2) is 7.18. The van der Waals surface area contributed by atoms with Gasteiger partial charge in [0, 0.05) is 23.7 Å². The van der Waals surface area contributed by atoms with Gasteiger partial charge in [-0.05, 0) is 31.2 Å². The van der Waals surface area contributed by atoms with Gasteiger partial charge in [0.05, 0.1) is 11.1 Å². The van der Waals surface area contributed by atoms with Gasteiger partial charge in [0.25, 0.3) is 11.5 Å². The minimum atomic E-state index is -0.400. The van der Waals surface area contributed by atoms with Gasteiger partial charge in [0.2, 0.25) is 5.91 Å². The maximum Gasteiger partial charge on any atom is 0.275 e. The van der Waals surface area contributed by atoms with Crippen molar-refractivity contribution in [3.05, 3.63) is 70.1 Å². The van der Waals surface area contributed by atoms with Gasteiger partial charge in [-0.25, -0.2) is 4.68 Å². The summed E-state index contributed by atoms with van der Waals surface area (Å²) >= 11 is 0. The summed E-state index contributed by atoms with van der Waals surface area (Å²) in [7, 11) is 1.54. The molecule has 2 aromatic carbocycles. The third-order valence-electron chi connectivity index (χ3n) is 3.98. The molecule has 0 spiro atoms. The summed E-state index contributed by atoms with van der Waals surface area (Å²) in [5.74, 6) is -0.646. The van der Waals surface area contributed by atoms with E-state index in [-0.39, 0.29) is 18.0 Å². The number of amides is 2. The number of benzene rings is 2. The van der Waals surface area contributed by atoms with E-state index in [0.29, 0.717) is 22.3 Å². The third kappa shape index (κ3) is 3.46. The Morgan fingerprint density at radius 2 is 1.81 bits per heavy atom. The molecule has 7 nitrogen and oxygen atoms in total. The molecule has 0 atom stereocenters. The van der Waals surface area contributed by atoms with Gasteiger partial charge in [-0.2, -0.15) is 5.10 Å². The lowest BCUT2D eigenvalue weighted by molar-refractivity contribution is -0.117. The first kappa shape index (κ1) is 17.3. The van der Waals surface area contributed by atoms with Crippen molar-refractivity contribution in [3.63, 3.8) is 0 Å². The van der Waals surface area contributed by atoms with Crippen molar-refractivity contribution in [1.29, 1.82) is 0 Å². The van der Waals surface area contributed by atoms with Gasteiger partial charge in [-0.1, -0.05) is 24.3 Å². The molecule has 0 aliphatic carbocycles. The van der Waals surface area contributed by atoms with Crippen LogP contribution in [0.15, 0.2) is 53.3 Å². The minimum Gasteiger partial charge on any atom is -0.355 e. The minimum absolute atomic E-state index is 0.214. The molecule has 3 rings (SSSR count). The molecule has 1 heterocycles. The molecule has 26 heavy (non-hydrogen) atoms. The molecule has 0 aliphatic heterocycles. The lowest BCUT2D eigenvalue weighted by Gasteiger charge is -2.10. The van der Waals surface area contributed by atoms with E-state index in [0.717, 1.165) is 10.1 Å². The lowest BCUT2D eigenvalue weighted by atomic mass is 10.1. The van der Waals surface area contributed by atoms with Crippen LogP contribution >= 0.6 is 0 Å². The summed E-state index contributed by atoms with van der Waals surface area (Å²) in [5, 5.41) is 10.7. The molecular weight excluding hydrogens is 332 g/mol. The summed E-state index contributed by atoms with van der Waals surface area (Å²) in [4.78, 5) is 36.5. The Kier molecular flexibility index (Phi) is 4.79. The fourth-order valence-electron chi connectivity index (χ4n) is 2.73. The molecule has 0 aliphatic rings. The fourth-order valence-corrected chi connectivity index (χ4v) is 2.73. The average molecular weight is 350 g/mol. The molecule has 0 bridgehead atoms. The summed E-state index contributed by atoms with van der Waals surface area (Å²) in [6, 6.07) is 13.7. The van der Waals surface area contributed by atoms with Gasteiger partial charge >= 0.3 is 0 Å². The van der Waals surface area contributed by atoms with E-state index in [1.807, 2.05) is 12.1 Å². The van der Waals surface area contributed by atoms with E-state index in [2.05, 4.69) is 15.7 Å². The number of carbonyl (C=O) groups excluding carboxylic acids is 2. The number of carbonyl (C=O) groups is 2. The van der Waals surface area contributed by atoms with E-state index in [1.54, 1.807) is 43.3 Å². The molecule has 0 saturated heterocycles. The van der Waals surface area contributed by atoms with Crippen LogP contribution in [-0.2, 0) is 11.3 Å². The summed E-state index contributed by atoms with van der Waals surface area (Å²) < 4.78 is 1.15. The van der Waals surface area contributed by atoms with E-state index < -0.39 is 5.91 Å². The van der Waals surface area contributed by atoms with Crippen molar-refractivity contribution in [2.75, 3.05) is 12.4 Å². The van der Waals surface area contributed by atoms with Crippen LogP contribution in [0.25, 0.3) is 10.8 Å². The molecule has 2 amide bonds. The number of hydrogen-bond donors (Lipinski definition) is 2. The molecule has 0 saturated carbocycles. The van der Waals surface area contributed by atoms with Gasteiger partial charge in [0.1, 0.15) is 6.54 Å². The van der Waals surface area contributed by atoms with Crippen LogP contribution in [0, 0.1) is 6.92 Å². The number of anilines is 1. The molecule has 0 radical (unpaired) electrons. The first-order valence-corrected chi connectivity index (χ1v) is 8.08. The molecule has 132 valence electrons. The normalized spacial score (nSPS) is 10.5. The van der Waals surface area contributed by atoms with Crippen molar-refractivity contribution < 1.29 is 9.59 Å². The topological polar surface area (TPSA) is 93.1 Å². The van der Waals surface area contributed by atoms with Crippen molar-refractivity contribution in [2.45, 2.75) is 13.5 Å². The maximum atomic E-state index is 12.5. The summed E-state index contributed by atoms with van der Waals surface area (Å²) in [6.45, 7) is 1.58. The predicted molar refractivity (Wildman–Crippen MR) is 99.2 cm³/mol. The number of nitrogens with one attached hydrogen (secondary N) is 2. The van der Waals surface area contributed by atoms with E-state index in [4.69, 9.17) is 0 Å². The molecule has 3 aromatic rings. The average Bonchev–Trinajstić information content (AvgIpc) is 2.65. The largest absolute Gasteiger partial charge is 0.355 e. The summed E-state index contributed by atoms with van der Waals surface area (Å²) in [6.07, 6.45) is 0. The van der Waals surface area contributed by atoms with Crippen LogP contribution in [0.4, 0.5) is 5.69 Å². The zero-order valence-corrected chi connectivity index (χ0v) is 14.4. The van der Waals surface area contributed by atoms with Gasteiger partial charge in [0.15, 0.2) is 0 Å². The second-order valence-electron chi connectivity index (χ2n) is 5.80. The maximum absolute atomic E-state index is 12.5. The van der Waals surface area contributed by atoms with Crippen LogP contribution in [0.3, 0.4) is 0 Å². The SMILES string of the molecule is CNC(=O)c1cccc(NC(=O)Cn2nc(C)c3ccccc3c2=O)c1. The van der Waals surface area contributed by atoms with E-state index in [9.17, 15) is 14.4 Å². The van der Waals surface area contributed by atoms with Crippen LogP contribution in [0.2, 0.25) is 0 Å². The lowest BCUT2D eigenvalue weighted by Crippen LogP contribution is -2.30. The van der Waals surface area contributed by atoms with E-state index in [1.165, 1.54) is 7.05 Å². The molecule has 0 unspecified atom stereocenters. The highest BCUT2D eigenvalue weighted by Crippen LogP contribution is 2.13. The molecule has 0 fully saturated rings. The number of aromatic nitrogens is 2. The highest BCUT2D eigenvalue weighted by molar-refractivity contribution is 5.97. The molecule has 2 N–H and O–H groups in total.